The van der Waals surface area contributed by atoms with Crippen molar-refractivity contribution in [3.05, 3.63) is 28.8 Å². The number of hydrogen-bond donors (Lipinski definition) is 1. The molecule has 21 heavy (non-hydrogen) atoms. The number of hydrogen-bond acceptors (Lipinski definition) is 2. The zero-order chi connectivity index (χ0) is 15.7. The van der Waals surface area contributed by atoms with Crippen LogP contribution in [0.4, 0.5) is 18.9 Å². The van der Waals surface area contributed by atoms with E-state index in [1.165, 1.54) is 6.07 Å². The highest BCUT2D eigenvalue weighted by Gasteiger charge is 2.34. The fourth-order valence-electron chi connectivity index (χ4n) is 2.57. The Labute approximate surface area is 127 Å². The molecule has 0 spiro atoms. The predicted octanol–water partition coefficient (Wildman–Crippen LogP) is 5.12. The Balaban J connectivity index is 2.13. The van der Waals surface area contributed by atoms with Crippen molar-refractivity contribution in [2.75, 3.05) is 11.9 Å². The van der Waals surface area contributed by atoms with Gasteiger partial charge in [-0.2, -0.15) is 13.2 Å². The first-order chi connectivity index (χ1) is 9.73. The van der Waals surface area contributed by atoms with E-state index in [4.69, 9.17) is 16.3 Å². The van der Waals surface area contributed by atoms with Crippen molar-refractivity contribution in [2.24, 2.45) is 0 Å². The second kappa shape index (κ2) is 6.05. The van der Waals surface area contributed by atoms with Gasteiger partial charge in [-0.05, 0) is 44.4 Å². The molecule has 1 aromatic carbocycles. The number of anilines is 1. The van der Waals surface area contributed by atoms with Gasteiger partial charge in [-0.25, -0.2) is 0 Å². The summed E-state index contributed by atoms with van der Waals surface area (Å²) in [6.07, 6.45) is -2.02. The van der Waals surface area contributed by atoms with Gasteiger partial charge in [-0.3, -0.25) is 0 Å². The van der Waals surface area contributed by atoms with Crippen LogP contribution in [0, 0.1) is 0 Å². The maximum atomic E-state index is 12.9. The molecule has 2 nitrogen and oxygen atoms in total. The number of nitrogens with one attached hydrogen (secondary N) is 1. The molecule has 2 unspecified atom stereocenters. The van der Waals surface area contributed by atoms with Crippen LogP contribution in [-0.4, -0.2) is 18.2 Å². The third-order valence-electron chi connectivity index (χ3n) is 3.99. The van der Waals surface area contributed by atoms with Crippen LogP contribution in [-0.2, 0) is 10.9 Å². The molecule has 0 aromatic heterocycles. The molecule has 0 saturated carbocycles. The molecule has 0 aliphatic carbocycles. The minimum atomic E-state index is -4.44. The summed E-state index contributed by atoms with van der Waals surface area (Å²) < 4.78 is 44.3. The standard InChI is InChI=1S/C15H19ClF3NO/c1-3-14(2)9-11(6-7-21-14)20-10-4-5-13(16)12(8-10)15(17,18)19/h4-5,8,11,20H,3,6-7,9H2,1-2H3. The largest absolute Gasteiger partial charge is 0.417 e. The first-order valence-corrected chi connectivity index (χ1v) is 7.38. The Kier molecular flexibility index (Phi) is 4.73. The molecule has 6 heteroatoms. The minimum absolute atomic E-state index is 0.103. The van der Waals surface area contributed by atoms with Gasteiger partial charge in [0.05, 0.1) is 16.2 Å². The predicted molar refractivity (Wildman–Crippen MR) is 77.7 cm³/mol. The van der Waals surface area contributed by atoms with E-state index in [2.05, 4.69) is 5.32 Å². The third-order valence-corrected chi connectivity index (χ3v) is 4.32. The average Bonchev–Trinajstić information content (AvgIpc) is 2.40. The van der Waals surface area contributed by atoms with Gasteiger partial charge in [0.2, 0.25) is 0 Å². The number of ether oxygens (including phenoxy) is 1. The van der Waals surface area contributed by atoms with E-state index in [0.29, 0.717) is 12.3 Å². The van der Waals surface area contributed by atoms with Gasteiger partial charge in [0.25, 0.3) is 0 Å². The smallest absolute Gasteiger partial charge is 0.382 e. The van der Waals surface area contributed by atoms with E-state index in [0.717, 1.165) is 25.3 Å². The number of rotatable bonds is 3. The summed E-state index contributed by atoms with van der Waals surface area (Å²) in [6.45, 7) is 4.69. The van der Waals surface area contributed by atoms with Crippen LogP contribution in [0.2, 0.25) is 5.02 Å². The van der Waals surface area contributed by atoms with Crippen LogP contribution >= 0.6 is 11.6 Å². The summed E-state index contributed by atoms with van der Waals surface area (Å²) in [6, 6.07) is 4.04. The van der Waals surface area contributed by atoms with E-state index < -0.39 is 11.7 Å². The van der Waals surface area contributed by atoms with Crippen molar-refractivity contribution in [3.63, 3.8) is 0 Å². The zero-order valence-electron chi connectivity index (χ0n) is 12.1. The molecule has 1 N–H and O–H groups in total. The molecule has 0 amide bonds. The lowest BCUT2D eigenvalue weighted by atomic mass is 9.90. The van der Waals surface area contributed by atoms with Gasteiger partial charge in [0, 0.05) is 18.3 Å². The van der Waals surface area contributed by atoms with Crippen LogP contribution < -0.4 is 5.32 Å². The molecule has 1 saturated heterocycles. The van der Waals surface area contributed by atoms with E-state index >= 15 is 0 Å². The maximum absolute atomic E-state index is 12.9. The van der Waals surface area contributed by atoms with Crippen molar-refractivity contribution in [1.82, 2.24) is 0 Å². The van der Waals surface area contributed by atoms with Gasteiger partial charge in [0.1, 0.15) is 0 Å². The van der Waals surface area contributed by atoms with Crippen LogP contribution in [0.1, 0.15) is 38.7 Å². The van der Waals surface area contributed by atoms with Gasteiger partial charge >= 0.3 is 6.18 Å². The minimum Gasteiger partial charge on any atom is -0.382 e. The molecule has 118 valence electrons. The van der Waals surface area contributed by atoms with Crippen LogP contribution in [0.3, 0.4) is 0 Å². The first-order valence-electron chi connectivity index (χ1n) is 7.01. The van der Waals surface area contributed by atoms with Gasteiger partial charge in [-0.1, -0.05) is 18.5 Å². The molecule has 2 rings (SSSR count). The van der Waals surface area contributed by atoms with Gasteiger partial charge in [-0.15, -0.1) is 0 Å². The second-order valence-corrected chi connectivity index (χ2v) is 6.09. The fraction of sp³-hybridized carbons (Fsp3) is 0.600. The Hall–Kier alpha value is -0.940. The summed E-state index contributed by atoms with van der Waals surface area (Å²) in [5.41, 5.74) is -0.577. The lowest BCUT2D eigenvalue weighted by molar-refractivity contribution is -0.137. The van der Waals surface area contributed by atoms with Crippen molar-refractivity contribution in [3.8, 4) is 0 Å². The molecule has 1 aliphatic heterocycles. The summed E-state index contributed by atoms with van der Waals surface area (Å²) in [4.78, 5) is 0. The molecule has 0 radical (unpaired) electrons. The second-order valence-electron chi connectivity index (χ2n) is 5.68. The quantitative estimate of drug-likeness (QED) is 0.834. The summed E-state index contributed by atoms with van der Waals surface area (Å²) in [5, 5.41) is 2.89. The van der Waals surface area contributed by atoms with E-state index in [1.807, 2.05) is 13.8 Å². The highest BCUT2D eigenvalue weighted by atomic mass is 35.5. The van der Waals surface area contributed by atoms with Crippen molar-refractivity contribution < 1.29 is 17.9 Å². The Bertz CT molecular complexity index is 506. The number of alkyl halides is 3. The van der Waals surface area contributed by atoms with E-state index in [-0.39, 0.29) is 16.7 Å². The van der Waals surface area contributed by atoms with Crippen LogP contribution in [0.5, 0.6) is 0 Å². The van der Waals surface area contributed by atoms with Crippen molar-refractivity contribution >= 4 is 17.3 Å². The Morgan fingerprint density at radius 2 is 2.14 bits per heavy atom. The molecule has 2 atom stereocenters. The number of benzene rings is 1. The highest BCUT2D eigenvalue weighted by molar-refractivity contribution is 6.31. The van der Waals surface area contributed by atoms with E-state index in [9.17, 15) is 13.2 Å². The summed E-state index contributed by atoms with van der Waals surface area (Å²) in [7, 11) is 0. The van der Waals surface area contributed by atoms with Gasteiger partial charge < -0.3 is 10.1 Å². The molecule has 1 aliphatic rings. The Morgan fingerprint density at radius 3 is 2.76 bits per heavy atom. The van der Waals surface area contributed by atoms with Crippen molar-refractivity contribution in [1.29, 1.82) is 0 Å². The highest BCUT2D eigenvalue weighted by Crippen LogP contribution is 2.37. The molecular weight excluding hydrogens is 303 g/mol. The van der Waals surface area contributed by atoms with Crippen LogP contribution in [0.25, 0.3) is 0 Å². The summed E-state index contributed by atoms with van der Waals surface area (Å²) in [5.74, 6) is 0. The normalized spacial score (nSPS) is 26.7. The molecule has 1 fully saturated rings. The molecule has 0 bridgehead atoms. The molecule has 1 heterocycles. The van der Waals surface area contributed by atoms with Gasteiger partial charge in [0.15, 0.2) is 0 Å². The monoisotopic (exact) mass is 321 g/mol. The topological polar surface area (TPSA) is 21.3 Å². The third kappa shape index (κ3) is 4.04. The molecule has 1 aromatic rings. The lowest BCUT2D eigenvalue weighted by Crippen LogP contribution is -2.41. The average molecular weight is 322 g/mol. The lowest BCUT2D eigenvalue weighted by Gasteiger charge is -2.38. The summed E-state index contributed by atoms with van der Waals surface area (Å²) >= 11 is 5.62. The van der Waals surface area contributed by atoms with E-state index in [1.54, 1.807) is 6.07 Å². The van der Waals surface area contributed by atoms with Crippen LogP contribution in [0.15, 0.2) is 18.2 Å². The SMILES string of the molecule is CCC1(C)CC(Nc2ccc(Cl)c(C(F)(F)F)c2)CCO1. The molecular formula is C15H19ClF3NO. The zero-order valence-corrected chi connectivity index (χ0v) is 12.8. The number of halogens is 4. The fourth-order valence-corrected chi connectivity index (χ4v) is 2.79. The maximum Gasteiger partial charge on any atom is 0.417 e. The Morgan fingerprint density at radius 1 is 1.43 bits per heavy atom. The van der Waals surface area contributed by atoms with Crippen molar-refractivity contribution in [2.45, 2.75) is 50.9 Å². The first kappa shape index (κ1) is 16.4.